The second-order valence-electron chi connectivity index (χ2n) is 10.7. The van der Waals surface area contributed by atoms with Gasteiger partial charge in [0.25, 0.3) is 5.91 Å². The lowest BCUT2D eigenvalue weighted by Crippen LogP contribution is -2.52. The van der Waals surface area contributed by atoms with Gasteiger partial charge in [0, 0.05) is 41.7 Å². The van der Waals surface area contributed by atoms with Crippen molar-refractivity contribution in [3.8, 4) is 5.75 Å². The predicted octanol–water partition coefficient (Wildman–Crippen LogP) is 4.45. The van der Waals surface area contributed by atoms with Crippen LogP contribution < -0.4 is 15.8 Å². The molecule has 0 aliphatic carbocycles. The lowest BCUT2D eigenvalue weighted by molar-refractivity contribution is -0.0778. The molecular weight excluding hydrogens is 490 g/mol. The average molecular weight is 528 g/mol. The van der Waals surface area contributed by atoms with E-state index >= 15 is 0 Å². The molecule has 4 N–H and O–H groups in total. The number of carbonyl (C=O) groups excluding carboxylic acids is 1. The number of nitrogens with one attached hydrogen (secondary N) is 2. The first kappa shape index (κ1) is 26.8. The third kappa shape index (κ3) is 6.29. The number of nitrogens with zero attached hydrogens (tertiary/aromatic N) is 2. The van der Waals surface area contributed by atoms with Crippen LogP contribution in [0.5, 0.6) is 5.75 Å². The summed E-state index contributed by atoms with van der Waals surface area (Å²) in [6.07, 6.45) is 3.92. The number of nitrogens with two attached hydrogens (primary N) is 1. The summed E-state index contributed by atoms with van der Waals surface area (Å²) in [6, 6.07) is 18.7. The number of ether oxygens (including phenoxy) is 2. The van der Waals surface area contributed by atoms with Crippen LogP contribution in [0.4, 0.5) is 5.69 Å². The molecule has 0 saturated carbocycles. The molecule has 2 aliphatic rings. The monoisotopic (exact) mass is 527 g/mol. The maximum Gasteiger partial charge on any atom is 0.251 e. The number of likely N-dealkylation sites (tertiary alicyclic amines) is 1. The van der Waals surface area contributed by atoms with Gasteiger partial charge < -0.3 is 20.5 Å². The molecule has 3 heterocycles. The molecule has 2 aromatic carbocycles. The Bertz CT molecular complexity index is 1280. The number of amides is 1. The van der Waals surface area contributed by atoms with E-state index in [4.69, 9.17) is 20.6 Å². The summed E-state index contributed by atoms with van der Waals surface area (Å²) in [7, 11) is 0. The Balaban J connectivity index is 1.23. The molecule has 3 aromatic rings. The van der Waals surface area contributed by atoms with Crippen LogP contribution in [0.25, 0.3) is 0 Å². The third-order valence-electron chi connectivity index (χ3n) is 7.60. The molecule has 0 radical (unpaired) electrons. The summed E-state index contributed by atoms with van der Waals surface area (Å²) in [6.45, 7) is 7.85. The molecule has 39 heavy (non-hydrogen) atoms. The van der Waals surface area contributed by atoms with Crippen LogP contribution in [0.1, 0.15) is 59.9 Å². The van der Waals surface area contributed by atoms with Gasteiger partial charge in [0.15, 0.2) is 0 Å². The molecule has 8 nitrogen and oxygen atoms in total. The molecule has 8 heteroatoms. The summed E-state index contributed by atoms with van der Waals surface area (Å²) >= 11 is 0. The molecule has 5 rings (SSSR count). The fourth-order valence-electron chi connectivity index (χ4n) is 5.12. The van der Waals surface area contributed by atoms with Crippen molar-refractivity contribution in [3.63, 3.8) is 0 Å². The number of rotatable bonds is 9. The molecule has 2 aliphatic heterocycles. The molecule has 2 saturated heterocycles. The number of benzene rings is 2. The number of hydrogen-bond donors (Lipinski definition) is 3. The Morgan fingerprint density at radius 3 is 2.41 bits per heavy atom. The molecule has 1 unspecified atom stereocenters. The van der Waals surface area contributed by atoms with Crippen molar-refractivity contribution in [1.29, 1.82) is 5.41 Å². The molecule has 0 spiro atoms. The number of piperidine rings is 1. The maximum absolute atomic E-state index is 13.2. The number of aromatic nitrogens is 1. The molecular formula is C31H37N5O3. The highest BCUT2D eigenvalue weighted by molar-refractivity contribution is 6.14. The highest BCUT2D eigenvalue weighted by Crippen LogP contribution is 2.25. The normalized spacial score (nSPS) is 17.4. The second-order valence-corrected chi connectivity index (χ2v) is 10.7. The minimum Gasteiger partial charge on any atom is -0.490 e. The van der Waals surface area contributed by atoms with E-state index in [0.717, 1.165) is 50.6 Å². The summed E-state index contributed by atoms with van der Waals surface area (Å²) in [5.41, 5.74) is 9.44. The predicted molar refractivity (Wildman–Crippen MR) is 152 cm³/mol. The van der Waals surface area contributed by atoms with Crippen LogP contribution in [0.3, 0.4) is 0 Å². The van der Waals surface area contributed by atoms with E-state index in [1.807, 2.05) is 56.3 Å². The van der Waals surface area contributed by atoms with E-state index in [1.54, 1.807) is 24.4 Å². The van der Waals surface area contributed by atoms with Crippen molar-refractivity contribution in [2.24, 2.45) is 5.92 Å². The fourth-order valence-corrected chi connectivity index (χ4v) is 5.12. The zero-order valence-corrected chi connectivity index (χ0v) is 22.6. The molecule has 0 bridgehead atoms. The zero-order valence-electron chi connectivity index (χ0n) is 22.6. The third-order valence-corrected chi connectivity index (χ3v) is 7.60. The van der Waals surface area contributed by atoms with Gasteiger partial charge in [0.05, 0.1) is 36.7 Å². The van der Waals surface area contributed by atoms with Crippen LogP contribution in [-0.2, 0) is 4.74 Å². The van der Waals surface area contributed by atoms with E-state index < -0.39 is 0 Å². The van der Waals surface area contributed by atoms with Crippen molar-refractivity contribution in [1.82, 2.24) is 15.2 Å². The minimum atomic E-state index is -0.230. The zero-order chi connectivity index (χ0) is 27.4. The van der Waals surface area contributed by atoms with Gasteiger partial charge >= 0.3 is 0 Å². The van der Waals surface area contributed by atoms with Crippen molar-refractivity contribution in [2.45, 2.75) is 44.9 Å². The number of hydrogen-bond acceptors (Lipinski definition) is 7. The largest absolute Gasteiger partial charge is 0.490 e. The van der Waals surface area contributed by atoms with E-state index in [0.29, 0.717) is 28.4 Å². The number of anilines is 1. The lowest BCUT2D eigenvalue weighted by atomic mass is 9.97. The Morgan fingerprint density at radius 1 is 1.08 bits per heavy atom. The van der Waals surface area contributed by atoms with Gasteiger partial charge in [-0.3, -0.25) is 20.1 Å². The van der Waals surface area contributed by atoms with Crippen molar-refractivity contribution in [3.05, 3.63) is 89.2 Å². The van der Waals surface area contributed by atoms with Crippen molar-refractivity contribution < 1.29 is 14.3 Å². The first-order valence-corrected chi connectivity index (χ1v) is 13.7. The van der Waals surface area contributed by atoms with Gasteiger partial charge in [-0.15, -0.1) is 0 Å². The quantitative estimate of drug-likeness (QED) is 0.280. The number of nitrogen functional groups attached to an aromatic ring is 1. The van der Waals surface area contributed by atoms with E-state index in [9.17, 15) is 4.79 Å². The first-order chi connectivity index (χ1) is 18.9. The number of pyridine rings is 1. The highest BCUT2D eigenvalue weighted by Gasteiger charge is 2.30. The Hall–Kier alpha value is -3.75. The van der Waals surface area contributed by atoms with Crippen molar-refractivity contribution >= 4 is 17.3 Å². The summed E-state index contributed by atoms with van der Waals surface area (Å²) in [4.78, 5) is 20.1. The van der Waals surface area contributed by atoms with Gasteiger partial charge in [-0.2, -0.15) is 0 Å². The van der Waals surface area contributed by atoms with Gasteiger partial charge in [0.2, 0.25) is 0 Å². The second kappa shape index (κ2) is 12.0. The Morgan fingerprint density at radius 2 is 1.79 bits per heavy atom. The summed E-state index contributed by atoms with van der Waals surface area (Å²) < 4.78 is 11.5. The van der Waals surface area contributed by atoms with Gasteiger partial charge in [-0.1, -0.05) is 19.9 Å². The maximum atomic E-state index is 13.2. The smallest absolute Gasteiger partial charge is 0.251 e. The van der Waals surface area contributed by atoms with E-state index in [1.165, 1.54) is 0 Å². The van der Waals surface area contributed by atoms with Crippen LogP contribution >= 0.6 is 0 Å². The van der Waals surface area contributed by atoms with E-state index in [2.05, 4.69) is 15.2 Å². The summed E-state index contributed by atoms with van der Waals surface area (Å²) in [5.74, 6) is 0.724. The van der Waals surface area contributed by atoms with Gasteiger partial charge in [0.1, 0.15) is 11.9 Å². The lowest BCUT2D eigenvalue weighted by Gasteiger charge is -2.41. The summed E-state index contributed by atoms with van der Waals surface area (Å²) in [5, 5.41) is 11.9. The average Bonchev–Trinajstić information content (AvgIpc) is 2.92. The van der Waals surface area contributed by atoms with Crippen LogP contribution in [-0.4, -0.2) is 60.0 Å². The van der Waals surface area contributed by atoms with Crippen LogP contribution in [0.2, 0.25) is 0 Å². The number of carbonyl (C=O) groups is 1. The van der Waals surface area contributed by atoms with Crippen LogP contribution in [0, 0.1) is 11.3 Å². The topological polar surface area (TPSA) is 114 Å². The van der Waals surface area contributed by atoms with Crippen molar-refractivity contribution in [2.75, 3.05) is 32.0 Å². The SMILES string of the molecule is CC(C)C(NC(=O)c1ccc(N)c(C(=N)c2ccc(OC3CCN(C4COC4)CC3)cc2)c1)c1ccccn1. The molecule has 1 atom stereocenters. The minimum absolute atomic E-state index is 0.154. The van der Waals surface area contributed by atoms with E-state index in [-0.39, 0.29) is 29.7 Å². The standard InChI is InChI=1S/C31H37N5O3/c1-20(2)30(28-5-3-4-14-34-28)35-31(37)22-8-11-27(32)26(17-22)29(33)21-6-9-24(10-7-21)39-25-12-15-36(16-13-25)23-18-38-19-23/h3-11,14,17,20,23,25,30,33H,12-13,15-16,18-19,32H2,1-2H3,(H,35,37). The fraction of sp³-hybridized carbons (Fsp3) is 0.387. The molecule has 2 fully saturated rings. The molecule has 204 valence electrons. The first-order valence-electron chi connectivity index (χ1n) is 13.7. The molecule has 1 amide bonds. The molecule has 1 aromatic heterocycles. The van der Waals surface area contributed by atoms with Gasteiger partial charge in [-0.25, -0.2) is 0 Å². The highest BCUT2D eigenvalue weighted by atomic mass is 16.5. The Labute approximate surface area is 230 Å². The van der Waals surface area contributed by atoms with Crippen LogP contribution in [0.15, 0.2) is 66.9 Å². The Kier molecular flexibility index (Phi) is 8.24. The van der Waals surface area contributed by atoms with Gasteiger partial charge in [-0.05, 0) is 73.4 Å².